The van der Waals surface area contributed by atoms with Crippen LogP contribution in [0, 0.1) is 0 Å². The SMILES string of the molecule is SCCCOB1C2CCCC1CCC2. The van der Waals surface area contributed by atoms with Crippen LogP contribution in [0.1, 0.15) is 44.9 Å². The molecular formula is C11H21BOS. The summed E-state index contributed by atoms with van der Waals surface area (Å²) in [6.07, 6.45) is 9.68. The molecule has 1 nitrogen and oxygen atoms in total. The van der Waals surface area contributed by atoms with Gasteiger partial charge in [0.1, 0.15) is 0 Å². The van der Waals surface area contributed by atoms with Gasteiger partial charge in [-0.15, -0.1) is 0 Å². The third-order valence-corrected chi connectivity index (χ3v) is 4.16. The highest BCUT2D eigenvalue weighted by Crippen LogP contribution is 2.46. The summed E-state index contributed by atoms with van der Waals surface area (Å²) < 4.78 is 6.04. The van der Waals surface area contributed by atoms with Crippen molar-refractivity contribution in [3.05, 3.63) is 0 Å². The monoisotopic (exact) mass is 212 g/mol. The number of hydrogen-bond donors (Lipinski definition) is 1. The molecule has 0 aromatic rings. The second-order valence-electron chi connectivity index (χ2n) is 4.79. The summed E-state index contributed by atoms with van der Waals surface area (Å²) in [5, 5.41) is 0. The number of fused-ring (bicyclic) bond motifs is 2. The molecule has 0 N–H and O–H groups in total. The first-order valence-corrected chi connectivity index (χ1v) is 6.77. The Balaban J connectivity index is 1.82. The molecule has 2 rings (SSSR count). The van der Waals surface area contributed by atoms with Crippen LogP contribution in [0.3, 0.4) is 0 Å². The van der Waals surface area contributed by atoms with Gasteiger partial charge in [0.25, 0.3) is 6.92 Å². The molecule has 0 unspecified atom stereocenters. The van der Waals surface area contributed by atoms with E-state index in [4.69, 9.17) is 4.65 Å². The van der Waals surface area contributed by atoms with Gasteiger partial charge >= 0.3 is 0 Å². The fourth-order valence-electron chi connectivity index (χ4n) is 3.17. The summed E-state index contributed by atoms with van der Waals surface area (Å²) in [4.78, 5) is 0. The van der Waals surface area contributed by atoms with E-state index in [-0.39, 0.29) is 0 Å². The second kappa shape index (κ2) is 5.46. The number of hydrogen-bond acceptors (Lipinski definition) is 2. The van der Waals surface area contributed by atoms with E-state index in [9.17, 15) is 0 Å². The Morgan fingerprint density at radius 2 is 1.64 bits per heavy atom. The van der Waals surface area contributed by atoms with Crippen molar-refractivity contribution >= 4 is 19.5 Å². The minimum absolute atomic E-state index is 0.609. The lowest BCUT2D eigenvalue weighted by atomic mass is 9.38. The summed E-state index contributed by atoms with van der Waals surface area (Å²) >= 11 is 4.22. The Hall–Kier alpha value is 0.375. The third-order valence-electron chi connectivity index (χ3n) is 3.84. The fraction of sp³-hybridized carbons (Fsp3) is 1.00. The van der Waals surface area contributed by atoms with Crippen molar-refractivity contribution in [3.8, 4) is 0 Å². The van der Waals surface area contributed by atoms with Crippen molar-refractivity contribution in [1.82, 2.24) is 0 Å². The van der Waals surface area contributed by atoms with Gasteiger partial charge in [-0.25, -0.2) is 0 Å². The van der Waals surface area contributed by atoms with Crippen LogP contribution in [-0.4, -0.2) is 19.3 Å². The molecule has 14 heavy (non-hydrogen) atoms. The van der Waals surface area contributed by atoms with E-state index in [1.54, 1.807) is 0 Å². The molecule has 2 saturated heterocycles. The molecular weight excluding hydrogens is 191 g/mol. The minimum Gasteiger partial charge on any atom is -0.435 e. The number of rotatable bonds is 4. The Kier molecular flexibility index (Phi) is 4.24. The van der Waals surface area contributed by atoms with Gasteiger partial charge in [-0.3, -0.25) is 0 Å². The Bertz CT molecular complexity index is 155. The molecule has 2 heterocycles. The molecule has 0 amide bonds. The van der Waals surface area contributed by atoms with E-state index in [1.165, 1.54) is 38.5 Å². The van der Waals surface area contributed by atoms with Crippen LogP contribution >= 0.6 is 12.6 Å². The van der Waals surface area contributed by atoms with E-state index >= 15 is 0 Å². The lowest BCUT2D eigenvalue weighted by Gasteiger charge is -2.39. The standard InChI is InChI=1S/C11H21BOS/c14-9-3-8-13-12-10-4-1-5-11(12)7-2-6-10/h10-11,14H,1-9H2. The highest BCUT2D eigenvalue weighted by atomic mass is 32.1. The van der Waals surface area contributed by atoms with Gasteiger partial charge in [-0.2, -0.15) is 12.6 Å². The Morgan fingerprint density at radius 1 is 1.07 bits per heavy atom. The van der Waals surface area contributed by atoms with Crippen molar-refractivity contribution in [3.63, 3.8) is 0 Å². The van der Waals surface area contributed by atoms with Gasteiger partial charge in [0.2, 0.25) is 0 Å². The lowest BCUT2D eigenvalue weighted by molar-refractivity contribution is 0.269. The topological polar surface area (TPSA) is 9.23 Å². The average Bonchev–Trinajstić information content (AvgIpc) is 2.17. The van der Waals surface area contributed by atoms with Crippen molar-refractivity contribution in [2.24, 2.45) is 0 Å². The molecule has 3 heteroatoms. The van der Waals surface area contributed by atoms with Crippen LogP contribution in [-0.2, 0) is 4.65 Å². The van der Waals surface area contributed by atoms with E-state index in [1.807, 2.05) is 0 Å². The van der Waals surface area contributed by atoms with Crippen molar-refractivity contribution in [1.29, 1.82) is 0 Å². The first kappa shape index (κ1) is 10.9. The number of thiol groups is 1. The van der Waals surface area contributed by atoms with Crippen LogP contribution in [0.2, 0.25) is 11.6 Å². The average molecular weight is 212 g/mol. The maximum atomic E-state index is 6.04. The zero-order valence-corrected chi connectivity index (χ0v) is 9.85. The quantitative estimate of drug-likeness (QED) is 0.426. The smallest absolute Gasteiger partial charge is 0.299 e. The van der Waals surface area contributed by atoms with Gasteiger partial charge < -0.3 is 4.65 Å². The molecule has 0 spiro atoms. The summed E-state index contributed by atoms with van der Waals surface area (Å²) in [6, 6.07) is 0. The molecule has 2 aliphatic rings. The van der Waals surface area contributed by atoms with E-state index in [0.717, 1.165) is 30.4 Å². The lowest BCUT2D eigenvalue weighted by Crippen LogP contribution is -2.37. The van der Waals surface area contributed by atoms with Gasteiger partial charge in [-0.1, -0.05) is 38.5 Å². The molecule has 0 aromatic heterocycles. The summed E-state index contributed by atoms with van der Waals surface area (Å²) in [5.74, 6) is 2.74. The largest absolute Gasteiger partial charge is 0.435 e. The maximum Gasteiger partial charge on any atom is 0.299 e. The summed E-state index contributed by atoms with van der Waals surface area (Å²) in [5.41, 5.74) is 0. The predicted octanol–water partition coefficient (Wildman–Crippen LogP) is 3.42. The minimum atomic E-state index is 0.609. The molecule has 2 bridgehead atoms. The van der Waals surface area contributed by atoms with Crippen molar-refractivity contribution in [2.45, 2.75) is 56.6 Å². The van der Waals surface area contributed by atoms with Gasteiger partial charge in [-0.05, 0) is 23.8 Å². The summed E-state index contributed by atoms with van der Waals surface area (Å²) in [6.45, 7) is 1.54. The van der Waals surface area contributed by atoms with Gasteiger partial charge in [0.15, 0.2) is 0 Å². The zero-order chi connectivity index (χ0) is 9.80. The molecule has 80 valence electrons. The Morgan fingerprint density at radius 3 is 2.14 bits per heavy atom. The summed E-state index contributed by atoms with van der Waals surface area (Å²) in [7, 11) is 0. The van der Waals surface area contributed by atoms with Crippen LogP contribution in [0.25, 0.3) is 0 Å². The maximum absolute atomic E-state index is 6.04. The second-order valence-corrected chi connectivity index (χ2v) is 5.24. The third kappa shape index (κ3) is 2.49. The molecule has 0 atom stereocenters. The van der Waals surface area contributed by atoms with E-state index in [0.29, 0.717) is 6.92 Å². The van der Waals surface area contributed by atoms with Crippen LogP contribution < -0.4 is 0 Å². The zero-order valence-electron chi connectivity index (χ0n) is 8.95. The van der Waals surface area contributed by atoms with Crippen LogP contribution in [0.4, 0.5) is 0 Å². The molecule has 0 aromatic carbocycles. The van der Waals surface area contributed by atoms with Gasteiger partial charge in [0, 0.05) is 6.61 Å². The van der Waals surface area contributed by atoms with Crippen molar-refractivity contribution in [2.75, 3.05) is 12.4 Å². The first-order chi connectivity index (χ1) is 6.92. The Labute approximate surface area is 93.5 Å². The highest BCUT2D eigenvalue weighted by Gasteiger charge is 2.40. The van der Waals surface area contributed by atoms with Crippen LogP contribution in [0.15, 0.2) is 0 Å². The molecule has 2 fully saturated rings. The van der Waals surface area contributed by atoms with Crippen LogP contribution in [0.5, 0.6) is 0 Å². The van der Waals surface area contributed by atoms with Gasteiger partial charge in [0.05, 0.1) is 0 Å². The fourth-order valence-corrected chi connectivity index (χ4v) is 3.30. The first-order valence-electron chi connectivity index (χ1n) is 6.14. The van der Waals surface area contributed by atoms with E-state index in [2.05, 4.69) is 12.6 Å². The van der Waals surface area contributed by atoms with E-state index < -0.39 is 0 Å². The molecule has 0 radical (unpaired) electrons. The molecule has 2 aliphatic heterocycles. The van der Waals surface area contributed by atoms with Crippen molar-refractivity contribution < 1.29 is 4.65 Å². The molecule has 0 aliphatic carbocycles. The normalized spacial score (nSPS) is 31.9. The molecule has 0 saturated carbocycles. The predicted molar refractivity (Wildman–Crippen MR) is 65.4 cm³/mol. The highest BCUT2D eigenvalue weighted by molar-refractivity contribution is 7.80.